The number of pyridine rings is 1. The van der Waals surface area contributed by atoms with Crippen LogP contribution in [-0.2, 0) is 4.79 Å². The zero-order chi connectivity index (χ0) is 17.8. The fourth-order valence-electron chi connectivity index (χ4n) is 2.77. The van der Waals surface area contributed by atoms with Crippen LogP contribution in [0.2, 0.25) is 0 Å². The number of rotatable bonds is 4. The second kappa shape index (κ2) is 7.21. The average Bonchev–Trinajstić information content (AvgIpc) is 2.95. The Bertz CT molecular complexity index is 793. The molecule has 0 unspecified atom stereocenters. The molecule has 2 aromatic rings. The van der Waals surface area contributed by atoms with Crippen LogP contribution in [0.25, 0.3) is 0 Å². The summed E-state index contributed by atoms with van der Waals surface area (Å²) >= 11 is 0. The van der Waals surface area contributed by atoms with Crippen molar-refractivity contribution in [3.8, 4) is 5.75 Å². The number of nitrogens with zero attached hydrogens (tertiary/aromatic N) is 2. The number of aromatic nitrogens is 1. The smallest absolute Gasteiger partial charge is 0.320 e. The molecular formula is C18H20N4O3. The van der Waals surface area contributed by atoms with Crippen LogP contribution in [0.4, 0.5) is 16.3 Å². The molecule has 25 heavy (non-hydrogen) atoms. The van der Waals surface area contributed by atoms with Crippen LogP contribution in [0.15, 0.2) is 42.6 Å². The van der Waals surface area contributed by atoms with E-state index in [1.807, 2.05) is 31.2 Å². The van der Waals surface area contributed by atoms with E-state index in [0.29, 0.717) is 18.1 Å². The highest BCUT2D eigenvalue weighted by atomic mass is 16.5. The molecule has 0 saturated carbocycles. The van der Waals surface area contributed by atoms with Crippen molar-refractivity contribution in [1.82, 2.24) is 10.3 Å². The number of hydrogen-bond acceptors (Lipinski definition) is 4. The summed E-state index contributed by atoms with van der Waals surface area (Å²) in [7, 11) is 1.58. The predicted molar refractivity (Wildman–Crippen MR) is 94.9 cm³/mol. The molecule has 2 heterocycles. The van der Waals surface area contributed by atoms with Gasteiger partial charge in [-0.3, -0.25) is 10.1 Å². The Balaban J connectivity index is 1.61. The summed E-state index contributed by atoms with van der Waals surface area (Å²) in [6.07, 6.45) is 1.89. The molecule has 3 rings (SSSR count). The lowest BCUT2D eigenvalue weighted by molar-refractivity contribution is -0.117. The van der Waals surface area contributed by atoms with Crippen molar-refractivity contribution in [3.63, 3.8) is 0 Å². The molecule has 2 N–H and O–H groups in total. The van der Waals surface area contributed by atoms with Crippen LogP contribution < -0.4 is 20.3 Å². The van der Waals surface area contributed by atoms with Gasteiger partial charge >= 0.3 is 6.03 Å². The maximum Gasteiger partial charge on any atom is 0.320 e. The number of carbonyl (C=O) groups is 2. The number of aryl methyl sites for hydroxylation is 1. The van der Waals surface area contributed by atoms with Crippen molar-refractivity contribution in [2.24, 2.45) is 0 Å². The zero-order valence-electron chi connectivity index (χ0n) is 14.2. The average molecular weight is 340 g/mol. The first-order chi connectivity index (χ1) is 12.0. The number of hydrogen-bond donors (Lipinski definition) is 2. The molecule has 0 aliphatic carbocycles. The summed E-state index contributed by atoms with van der Waals surface area (Å²) in [5.74, 6) is 1.13. The molecular weight excluding hydrogens is 320 g/mol. The largest absolute Gasteiger partial charge is 0.497 e. The van der Waals surface area contributed by atoms with Gasteiger partial charge in [0.2, 0.25) is 5.91 Å². The second-order valence-corrected chi connectivity index (χ2v) is 5.92. The Morgan fingerprint density at radius 1 is 1.32 bits per heavy atom. The molecule has 3 amide bonds. The van der Waals surface area contributed by atoms with Crippen LogP contribution in [0.3, 0.4) is 0 Å². The Morgan fingerprint density at radius 2 is 2.16 bits per heavy atom. The molecule has 0 radical (unpaired) electrons. The monoisotopic (exact) mass is 340 g/mol. The summed E-state index contributed by atoms with van der Waals surface area (Å²) < 4.78 is 5.19. The van der Waals surface area contributed by atoms with Gasteiger partial charge in [-0.05, 0) is 36.8 Å². The van der Waals surface area contributed by atoms with Crippen LogP contribution in [0.1, 0.15) is 12.0 Å². The van der Waals surface area contributed by atoms with Gasteiger partial charge in [-0.25, -0.2) is 9.78 Å². The summed E-state index contributed by atoms with van der Waals surface area (Å²) in [5, 5.41) is 5.51. The van der Waals surface area contributed by atoms with Crippen molar-refractivity contribution in [2.75, 3.05) is 23.9 Å². The molecule has 0 bridgehead atoms. The molecule has 1 aliphatic heterocycles. The van der Waals surface area contributed by atoms with Gasteiger partial charge in [0.05, 0.1) is 13.2 Å². The van der Waals surface area contributed by atoms with Crippen LogP contribution in [0, 0.1) is 6.92 Å². The van der Waals surface area contributed by atoms with E-state index in [1.54, 1.807) is 30.3 Å². The molecule has 1 atom stereocenters. The number of anilines is 2. The minimum Gasteiger partial charge on any atom is -0.497 e. The molecule has 0 spiro atoms. The highest BCUT2D eigenvalue weighted by Gasteiger charge is 2.31. The minimum atomic E-state index is -0.372. The zero-order valence-corrected chi connectivity index (χ0v) is 14.2. The summed E-state index contributed by atoms with van der Waals surface area (Å²) in [4.78, 5) is 30.1. The number of urea groups is 1. The summed E-state index contributed by atoms with van der Waals surface area (Å²) in [6, 6.07) is 10.3. The Hall–Kier alpha value is -3.09. The van der Waals surface area contributed by atoms with E-state index in [1.165, 1.54) is 0 Å². The van der Waals surface area contributed by atoms with Crippen molar-refractivity contribution in [3.05, 3.63) is 48.2 Å². The van der Waals surface area contributed by atoms with E-state index in [-0.39, 0.29) is 24.4 Å². The Kier molecular flexibility index (Phi) is 4.83. The Morgan fingerprint density at radius 3 is 2.92 bits per heavy atom. The number of carbonyl (C=O) groups excluding carboxylic acids is 2. The van der Waals surface area contributed by atoms with E-state index in [4.69, 9.17) is 4.74 Å². The van der Waals surface area contributed by atoms with Gasteiger partial charge in [-0.15, -0.1) is 0 Å². The third-order valence-electron chi connectivity index (χ3n) is 3.98. The van der Waals surface area contributed by atoms with Crippen LogP contribution in [-0.4, -0.2) is 36.6 Å². The fraction of sp³-hybridized carbons (Fsp3) is 0.278. The first kappa shape index (κ1) is 16.8. The van der Waals surface area contributed by atoms with E-state index in [0.717, 1.165) is 11.3 Å². The SMILES string of the molecule is COc1cccc(N2C[C@H](NC(=O)Nc3cc(C)ccn3)CC2=O)c1. The van der Waals surface area contributed by atoms with E-state index in [9.17, 15) is 9.59 Å². The first-order valence-electron chi connectivity index (χ1n) is 8.00. The van der Waals surface area contributed by atoms with Gasteiger partial charge in [-0.2, -0.15) is 0 Å². The molecule has 7 nitrogen and oxygen atoms in total. The van der Waals surface area contributed by atoms with Crippen LogP contribution >= 0.6 is 0 Å². The number of benzene rings is 1. The van der Waals surface area contributed by atoms with Gasteiger partial charge in [0.15, 0.2) is 0 Å². The van der Waals surface area contributed by atoms with Crippen LogP contribution in [0.5, 0.6) is 5.75 Å². The second-order valence-electron chi connectivity index (χ2n) is 5.92. The highest BCUT2D eigenvalue weighted by Crippen LogP contribution is 2.25. The lowest BCUT2D eigenvalue weighted by atomic mass is 10.2. The number of methoxy groups -OCH3 is 1. The maximum absolute atomic E-state index is 12.3. The third-order valence-corrected chi connectivity index (χ3v) is 3.98. The molecule has 1 saturated heterocycles. The standard InChI is InChI=1S/C18H20N4O3/c1-12-6-7-19-16(8-12)21-18(24)20-13-9-17(23)22(11-13)14-4-3-5-15(10-14)25-2/h3-8,10,13H,9,11H2,1-2H3,(H2,19,20,21,24)/t13-/m1/s1. The number of ether oxygens (including phenoxy) is 1. The third kappa shape index (κ3) is 4.06. The van der Waals surface area contributed by atoms with Gasteiger partial charge in [0, 0.05) is 30.9 Å². The molecule has 1 aromatic carbocycles. The van der Waals surface area contributed by atoms with Crippen molar-refractivity contribution < 1.29 is 14.3 Å². The maximum atomic E-state index is 12.3. The van der Waals surface area contributed by atoms with Crippen molar-refractivity contribution in [2.45, 2.75) is 19.4 Å². The van der Waals surface area contributed by atoms with Crippen molar-refractivity contribution in [1.29, 1.82) is 0 Å². The molecule has 1 aliphatic rings. The molecule has 1 fully saturated rings. The number of amides is 3. The van der Waals surface area contributed by atoms with Gasteiger partial charge < -0.3 is 15.0 Å². The van der Waals surface area contributed by atoms with Crippen molar-refractivity contribution >= 4 is 23.4 Å². The highest BCUT2D eigenvalue weighted by molar-refractivity contribution is 5.97. The van der Waals surface area contributed by atoms with E-state index < -0.39 is 0 Å². The molecule has 130 valence electrons. The quantitative estimate of drug-likeness (QED) is 0.895. The van der Waals surface area contributed by atoms with Gasteiger partial charge in [0.1, 0.15) is 11.6 Å². The Labute approximate surface area is 146 Å². The molecule has 7 heteroatoms. The van der Waals surface area contributed by atoms with E-state index in [2.05, 4.69) is 15.6 Å². The minimum absolute atomic E-state index is 0.0350. The lowest BCUT2D eigenvalue weighted by Gasteiger charge is -2.18. The molecule has 1 aromatic heterocycles. The van der Waals surface area contributed by atoms with E-state index >= 15 is 0 Å². The number of nitrogens with one attached hydrogen (secondary N) is 2. The lowest BCUT2D eigenvalue weighted by Crippen LogP contribution is -2.39. The normalized spacial score (nSPS) is 16.6. The first-order valence-corrected chi connectivity index (χ1v) is 8.00. The summed E-state index contributed by atoms with van der Waals surface area (Å²) in [5.41, 5.74) is 1.76. The van der Waals surface area contributed by atoms with Gasteiger partial charge in [0.25, 0.3) is 0 Å². The topological polar surface area (TPSA) is 83.6 Å². The summed E-state index contributed by atoms with van der Waals surface area (Å²) in [6.45, 7) is 2.34. The fourth-order valence-corrected chi connectivity index (χ4v) is 2.77. The van der Waals surface area contributed by atoms with Gasteiger partial charge in [-0.1, -0.05) is 6.07 Å². The predicted octanol–water partition coefficient (Wildman–Crippen LogP) is 2.33.